The van der Waals surface area contributed by atoms with Crippen molar-refractivity contribution < 1.29 is 9.18 Å². The monoisotopic (exact) mass is 328 g/mol. The summed E-state index contributed by atoms with van der Waals surface area (Å²) in [5.74, 6) is 0.0562. The molecule has 0 saturated carbocycles. The molecule has 3 rings (SSSR count). The quantitative estimate of drug-likeness (QED) is 0.941. The van der Waals surface area contributed by atoms with E-state index < -0.39 is 5.82 Å². The average molecular weight is 328 g/mol. The van der Waals surface area contributed by atoms with Gasteiger partial charge >= 0.3 is 0 Å². The number of piperidine rings is 1. The van der Waals surface area contributed by atoms with Crippen LogP contribution in [0.3, 0.4) is 0 Å². The summed E-state index contributed by atoms with van der Waals surface area (Å²) < 4.78 is 13.9. The van der Waals surface area contributed by atoms with E-state index in [4.69, 9.17) is 0 Å². The number of carbonyl (C=O) groups is 1. The van der Waals surface area contributed by atoms with E-state index in [-0.39, 0.29) is 17.5 Å². The number of nitrogens with zero attached hydrogens (tertiary/aromatic N) is 3. The first kappa shape index (κ1) is 16.4. The predicted molar refractivity (Wildman–Crippen MR) is 90.5 cm³/mol. The van der Waals surface area contributed by atoms with Crippen LogP contribution in [0.4, 0.5) is 10.2 Å². The van der Waals surface area contributed by atoms with Crippen molar-refractivity contribution in [2.24, 2.45) is 0 Å². The molecule has 1 aliphatic rings. The third-order valence-corrected chi connectivity index (χ3v) is 4.28. The number of hydrogen-bond donors (Lipinski definition) is 1. The number of carbonyl (C=O) groups excluding carboxylic acids is 1. The Balaban J connectivity index is 1.59. The minimum Gasteiger partial charge on any atom is -0.366 e. The zero-order valence-corrected chi connectivity index (χ0v) is 13.9. The number of hydrogen-bond acceptors (Lipinski definition) is 4. The highest BCUT2D eigenvalue weighted by atomic mass is 19.1. The van der Waals surface area contributed by atoms with Crippen molar-refractivity contribution >= 4 is 11.7 Å². The molecule has 1 aliphatic heterocycles. The fraction of sp³-hybridized carbons (Fsp3) is 0.389. The molecule has 24 heavy (non-hydrogen) atoms. The van der Waals surface area contributed by atoms with Gasteiger partial charge in [0.2, 0.25) is 0 Å². The van der Waals surface area contributed by atoms with Crippen molar-refractivity contribution in [1.29, 1.82) is 0 Å². The zero-order valence-electron chi connectivity index (χ0n) is 13.9. The molecule has 2 aromatic rings. The molecule has 0 unspecified atom stereocenters. The van der Waals surface area contributed by atoms with Crippen LogP contribution in [-0.4, -0.2) is 40.1 Å². The molecule has 0 bridgehead atoms. The smallest absolute Gasteiger partial charge is 0.256 e. The molecule has 5 nitrogen and oxygen atoms in total. The molecular weight excluding hydrogens is 307 g/mol. The van der Waals surface area contributed by atoms with E-state index in [2.05, 4.69) is 15.5 Å². The summed E-state index contributed by atoms with van der Waals surface area (Å²) in [5, 5.41) is 11.5. The largest absolute Gasteiger partial charge is 0.366 e. The lowest BCUT2D eigenvalue weighted by Crippen LogP contribution is -2.42. The van der Waals surface area contributed by atoms with Crippen LogP contribution in [0.2, 0.25) is 0 Å². The molecule has 1 N–H and O–H groups in total. The van der Waals surface area contributed by atoms with E-state index in [1.807, 2.05) is 26.0 Å². The third kappa shape index (κ3) is 3.69. The van der Waals surface area contributed by atoms with Crippen LogP contribution in [0.5, 0.6) is 0 Å². The summed E-state index contributed by atoms with van der Waals surface area (Å²) in [7, 11) is 0. The van der Waals surface area contributed by atoms with E-state index in [1.54, 1.807) is 17.0 Å². The van der Waals surface area contributed by atoms with Gasteiger partial charge in [0.1, 0.15) is 11.6 Å². The van der Waals surface area contributed by atoms with E-state index >= 15 is 0 Å². The molecule has 1 aromatic heterocycles. The summed E-state index contributed by atoms with van der Waals surface area (Å²) in [6.07, 6.45) is 1.60. The van der Waals surface area contributed by atoms with E-state index in [1.165, 1.54) is 6.07 Å². The molecule has 1 fully saturated rings. The van der Waals surface area contributed by atoms with Crippen LogP contribution in [0.25, 0.3) is 0 Å². The highest BCUT2D eigenvalue weighted by molar-refractivity contribution is 5.94. The van der Waals surface area contributed by atoms with E-state index in [9.17, 15) is 9.18 Å². The van der Waals surface area contributed by atoms with Gasteiger partial charge in [0.25, 0.3) is 5.91 Å². The number of halogens is 1. The summed E-state index contributed by atoms with van der Waals surface area (Å²) >= 11 is 0. The van der Waals surface area contributed by atoms with Gasteiger partial charge in [0, 0.05) is 19.1 Å². The SMILES string of the molecule is Cc1ccc(F)c(C(=O)N2CCC(Nc3ccc(C)nn3)CC2)c1. The van der Waals surface area contributed by atoms with Crippen molar-refractivity contribution in [2.45, 2.75) is 32.7 Å². The van der Waals surface area contributed by atoms with Gasteiger partial charge in [-0.3, -0.25) is 4.79 Å². The Hall–Kier alpha value is -2.50. The van der Waals surface area contributed by atoms with Gasteiger partial charge in [-0.15, -0.1) is 5.10 Å². The van der Waals surface area contributed by atoms with Crippen LogP contribution in [0, 0.1) is 19.7 Å². The topological polar surface area (TPSA) is 58.1 Å². The van der Waals surface area contributed by atoms with Crippen molar-refractivity contribution in [3.8, 4) is 0 Å². The molecule has 0 aliphatic carbocycles. The molecule has 1 amide bonds. The van der Waals surface area contributed by atoms with Crippen molar-refractivity contribution in [2.75, 3.05) is 18.4 Å². The minimum atomic E-state index is -0.458. The Morgan fingerprint density at radius 2 is 1.92 bits per heavy atom. The van der Waals surface area contributed by atoms with Crippen molar-refractivity contribution in [3.05, 3.63) is 53.0 Å². The highest BCUT2D eigenvalue weighted by Crippen LogP contribution is 2.19. The van der Waals surface area contributed by atoms with Gasteiger partial charge in [-0.2, -0.15) is 5.10 Å². The maximum absolute atomic E-state index is 13.9. The number of rotatable bonds is 3. The standard InChI is InChI=1S/C18H21FN4O/c1-12-3-5-16(19)15(11-12)18(24)23-9-7-14(8-10-23)20-17-6-4-13(2)21-22-17/h3-6,11,14H,7-10H2,1-2H3,(H,20,22). The van der Waals surface area contributed by atoms with Gasteiger partial charge in [0.15, 0.2) is 0 Å². The van der Waals surface area contributed by atoms with Gasteiger partial charge in [-0.05, 0) is 51.0 Å². The molecule has 0 radical (unpaired) electrons. The van der Waals surface area contributed by atoms with Crippen LogP contribution in [-0.2, 0) is 0 Å². The molecule has 0 spiro atoms. The normalized spacial score (nSPS) is 15.4. The van der Waals surface area contributed by atoms with Gasteiger partial charge in [-0.25, -0.2) is 4.39 Å². The van der Waals surface area contributed by atoms with E-state index in [0.717, 1.165) is 29.9 Å². The van der Waals surface area contributed by atoms with Crippen LogP contribution >= 0.6 is 0 Å². The molecule has 6 heteroatoms. The Morgan fingerprint density at radius 3 is 2.58 bits per heavy atom. The fourth-order valence-electron chi connectivity index (χ4n) is 2.89. The number of anilines is 1. The van der Waals surface area contributed by atoms with Gasteiger partial charge in [0.05, 0.1) is 11.3 Å². The molecule has 1 saturated heterocycles. The van der Waals surface area contributed by atoms with Gasteiger partial charge in [-0.1, -0.05) is 11.6 Å². The Kier molecular flexibility index (Phi) is 4.74. The number of amides is 1. The second-order valence-electron chi connectivity index (χ2n) is 6.25. The van der Waals surface area contributed by atoms with Crippen LogP contribution < -0.4 is 5.32 Å². The predicted octanol–water partition coefficient (Wildman–Crippen LogP) is 2.95. The summed E-state index contributed by atoms with van der Waals surface area (Å²) in [4.78, 5) is 14.2. The molecular formula is C18H21FN4O. The second-order valence-corrected chi connectivity index (χ2v) is 6.25. The lowest BCUT2D eigenvalue weighted by Gasteiger charge is -2.32. The number of aromatic nitrogens is 2. The number of nitrogens with one attached hydrogen (secondary N) is 1. The maximum Gasteiger partial charge on any atom is 0.256 e. The zero-order chi connectivity index (χ0) is 17.1. The number of likely N-dealkylation sites (tertiary alicyclic amines) is 1. The van der Waals surface area contributed by atoms with Crippen molar-refractivity contribution in [3.63, 3.8) is 0 Å². The Labute approximate surface area is 140 Å². The Morgan fingerprint density at radius 1 is 1.17 bits per heavy atom. The maximum atomic E-state index is 13.9. The fourth-order valence-corrected chi connectivity index (χ4v) is 2.89. The first-order valence-electron chi connectivity index (χ1n) is 8.15. The first-order chi connectivity index (χ1) is 11.5. The average Bonchev–Trinajstić information content (AvgIpc) is 2.59. The molecule has 2 heterocycles. The van der Waals surface area contributed by atoms with Crippen LogP contribution in [0.15, 0.2) is 30.3 Å². The first-order valence-corrected chi connectivity index (χ1v) is 8.15. The summed E-state index contributed by atoms with van der Waals surface area (Å²) in [6, 6.07) is 8.70. The molecule has 126 valence electrons. The highest BCUT2D eigenvalue weighted by Gasteiger charge is 2.25. The second kappa shape index (κ2) is 6.95. The summed E-state index contributed by atoms with van der Waals surface area (Å²) in [6.45, 7) is 4.95. The lowest BCUT2D eigenvalue weighted by atomic mass is 10.0. The lowest BCUT2D eigenvalue weighted by molar-refractivity contribution is 0.0713. The molecule has 1 aromatic carbocycles. The third-order valence-electron chi connectivity index (χ3n) is 4.28. The van der Waals surface area contributed by atoms with E-state index in [0.29, 0.717) is 13.1 Å². The molecule has 0 atom stereocenters. The minimum absolute atomic E-state index is 0.158. The number of aryl methyl sites for hydroxylation is 2. The van der Waals surface area contributed by atoms with Crippen molar-refractivity contribution in [1.82, 2.24) is 15.1 Å². The Bertz CT molecular complexity index is 724. The van der Waals surface area contributed by atoms with Crippen LogP contribution in [0.1, 0.15) is 34.5 Å². The number of benzene rings is 1. The van der Waals surface area contributed by atoms with Gasteiger partial charge < -0.3 is 10.2 Å². The summed E-state index contributed by atoms with van der Waals surface area (Å²) in [5.41, 5.74) is 1.92.